The summed E-state index contributed by atoms with van der Waals surface area (Å²) in [6, 6.07) is 0. The van der Waals surface area contributed by atoms with Crippen molar-refractivity contribution in [1.29, 1.82) is 0 Å². The van der Waals surface area contributed by atoms with Crippen molar-refractivity contribution in [3.63, 3.8) is 0 Å². The van der Waals surface area contributed by atoms with E-state index >= 15 is 0 Å². The molecule has 2 aliphatic rings. The van der Waals surface area contributed by atoms with Crippen molar-refractivity contribution in [2.75, 3.05) is 49.6 Å². The van der Waals surface area contributed by atoms with Crippen molar-refractivity contribution in [2.45, 2.75) is 12.8 Å². The number of halogens is 1. The standard InChI is InChI=1S/C12H21BrN2OS/c13-3-6-14-4-1-5-15(8-7-14)12(16)11-2-9-17-10-11/h11H,1-10H2. The van der Waals surface area contributed by atoms with Crippen LogP contribution in [0.2, 0.25) is 0 Å². The monoisotopic (exact) mass is 320 g/mol. The van der Waals surface area contributed by atoms with Gasteiger partial charge in [-0.2, -0.15) is 11.8 Å². The van der Waals surface area contributed by atoms with Crippen molar-refractivity contribution in [3.8, 4) is 0 Å². The van der Waals surface area contributed by atoms with E-state index in [2.05, 4.69) is 25.7 Å². The smallest absolute Gasteiger partial charge is 0.226 e. The van der Waals surface area contributed by atoms with Gasteiger partial charge in [-0.15, -0.1) is 0 Å². The van der Waals surface area contributed by atoms with Gasteiger partial charge in [-0.1, -0.05) is 15.9 Å². The maximum atomic E-state index is 12.3. The summed E-state index contributed by atoms with van der Waals surface area (Å²) >= 11 is 5.41. The van der Waals surface area contributed by atoms with Gasteiger partial charge in [0.1, 0.15) is 0 Å². The Morgan fingerprint density at radius 3 is 2.88 bits per heavy atom. The van der Waals surface area contributed by atoms with Gasteiger partial charge in [-0.3, -0.25) is 4.79 Å². The molecule has 98 valence electrons. The number of alkyl halides is 1. The molecule has 5 heteroatoms. The number of carbonyl (C=O) groups is 1. The number of hydrogen-bond donors (Lipinski definition) is 0. The fraction of sp³-hybridized carbons (Fsp3) is 0.917. The zero-order valence-electron chi connectivity index (χ0n) is 10.2. The molecule has 3 nitrogen and oxygen atoms in total. The molecule has 0 radical (unpaired) electrons. The van der Waals surface area contributed by atoms with Crippen LogP contribution in [0.25, 0.3) is 0 Å². The quantitative estimate of drug-likeness (QED) is 0.739. The Labute approximate surface area is 116 Å². The highest BCUT2D eigenvalue weighted by Gasteiger charge is 2.28. The zero-order valence-corrected chi connectivity index (χ0v) is 12.6. The summed E-state index contributed by atoms with van der Waals surface area (Å²) in [5.74, 6) is 2.93. The van der Waals surface area contributed by atoms with Crippen molar-refractivity contribution < 1.29 is 4.79 Å². The molecule has 0 aliphatic carbocycles. The second-order valence-corrected chi connectivity index (χ2v) is 6.71. The summed E-state index contributed by atoms with van der Waals surface area (Å²) in [7, 11) is 0. The second-order valence-electron chi connectivity index (χ2n) is 4.77. The van der Waals surface area contributed by atoms with Crippen LogP contribution in [0.1, 0.15) is 12.8 Å². The molecule has 0 spiro atoms. The van der Waals surface area contributed by atoms with Crippen LogP contribution in [0, 0.1) is 5.92 Å². The van der Waals surface area contributed by atoms with Crippen LogP contribution in [0.3, 0.4) is 0 Å². The lowest BCUT2D eigenvalue weighted by Crippen LogP contribution is -2.39. The van der Waals surface area contributed by atoms with Crippen LogP contribution < -0.4 is 0 Å². The number of carbonyl (C=O) groups excluding carboxylic acids is 1. The number of thioether (sulfide) groups is 1. The van der Waals surface area contributed by atoms with Gasteiger partial charge in [0.15, 0.2) is 0 Å². The SMILES string of the molecule is O=C(C1CCSC1)N1CCCN(CCBr)CC1. The van der Waals surface area contributed by atoms with E-state index in [-0.39, 0.29) is 0 Å². The van der Waals surface area contributed by atoms with Crippen molar-refractivity contribution in [2.24, 2.45) is 5.92 Å². The molecule has 1 atom stereocenters. The van der Waals surface area contributed by atoms with Gasteiger partial charge in [0.25, 0.3) is 0 Å². The van der Waals surface area contributed by atoms with Crippen molar-refractivity contribution in [3.05, 3.63) is 0 Å². The number of amides is 1. The molecule has 0 aromatic carbocycles. The normalized spacial score (nSPS) is 27.1. The van der Waals surface area contributed by atoms with Crippen LogP contribution in [0.15, 0.2) is 0 Å². The van der Waals surface area contributed by atoms with E-state index in [1.165, 1.54) is 5.75 Å². The summed E-state index contributed by atoms with van der Waals surface area (Å²) in [5.41, 5.74) is 0. The molecule has 1 unspecified atom stereocenters. The molecule has 0 aromatic heterocycles. The molecule has 0 aromatic rings. The third-order valence-corrected chi connectivity index (χ3v) is 5.10. The van der Waals surface area contributed by atoms with E-state index < -0.39 is 0 Å². The molecule has 0 bridgehead atoms. The lowest BCUT2D eigenvalue weighted by atomic mass is 10.1. The highest BCUT2D eigenvalue weighted by atomic mass is 79.9. The summed E-state index contributed by atoms with van der Waals surface area (Å²) in [5, 5.41) is 1.03. The van der Waals surface area contributed by atoms with Gasteiger partial charge in [-0.05, 0) is 25.1 Å². The van der Waals surface area contributed by atoms with Crippen LogP contribution in [-0.2, 0) is 4.79 Å². The van der Waals surface area contributed by atoms with Gasteiger partial charge in [0.2, 0.25) is 5.91 Å². The van der Waals surface area contributed by atoms with Gasteiger partial charge < -0.3 is 9.80 Å². The predicted octanol–water partition coefficient (Wildman–Crippen LogP) is 1.67. The van der Waals surface area contributed by atoms with Gasteiger partial charge >= 0.3 is 0 Å². The van der Waals surface area contributed by atoms with Crippen molar-refractivity contribution in [1.82, 2.24) is 9.80 Å². The molecular weight excluding hydrogens is 300 g/mol. The largest absolute Gasteiger partial charge is 0.341 e. The summed E-state index contributed by atoms with van der Waals surface area (Å²) in [6.45, 7) is 5.15. The lowest BCUT2D eigenvalue weighted by Gasteiger charge is -2.24. The van der Waals surface area contributed by atoms with Crippen LogP contribution >= 0.6 is 27.7 Å². The molecule has 2 heterocycles. The molecule has 0 saturated carbocycles. The van der Waals surface area contributed by atoms with E-state index in [9.17, 15) is 4.79 Å². The molecule has 2 rings (SSSR count). The molecule has 2 fully saturated rings. The molecule has 0 N–H and O–H groups in total. The first-order chi connectivity index (χ1) is 8.31. The fourth-order valence-electron chi connectivity index (χ4n) is 2.52. The lowest BCUT2D eigenvalue weighted by molar-refractivity contribution is -0.134. The Morgan fingerprint density at radius 2 is 2.18 bits per heavy atom. The molecule has 2 saturated heterocycles. The summed E-state index contributed by atoms with van der Waals surface area (Å²) < 4.78 is 0. The summed E-state index contributed by atoms with van der Waals surface area (Å²) in [4.78, 5) is 16.9. The first-order valence-electron chi connectivity index (χ1n) is 6.46. The summed E-state index contributed by atoms with van der Waals surface area (Å²) in [6.07, 6.45) is 2.21. The molecule has 2 aliphatic heterocycles. The minimum Gasteiger partial charge on any atom is -0.341 e. The van der Waals surface area contributed by atoms with E-state index in [0.717, 1.165) is 56.6 Å². The average Bonchev–Trinajstić information content (AvgIpc) is 2.76. The fourth-order valence-corrected chi connectivity index (χ4v) is 4.24. The highest BCUT2D eigenvalue weighted by Crippen LogP contribution is 2.25. The molecule has 17 heavy (non-hydrogen) atoms. The third-order valence-electron chi connectivity index (χ3n) is 3.58. The first-order valence-corrected chi connectivity index (χ1v) is 8.73. The van der Waals surface area contributed by atoms with Crippen LogP contribution in [0.5, 0.6) is 0 Å². The zero-order chi connectivity index (χ0) is 12.1. The number of nitrogens with zero attached hydrogens (tertiary/aromatic N) is 2. The van der Waals surface area contributed by atoms with E-state index in [4.69, 9.17) is 0 Å². The van der Waals surface area contributed by atoms with E-state index in [1.54, 1.807) is 0 Å². The Hall–Kier alpha value is 0.260. The number of hydrogen-bond acceptors (Lipinski definition) is 3. The molecule has 1 amide bonds. The van der Waals surface area contributed by atoms with Crippen LogP contribution in [-0.4, -0.2) is 65.3 Å². The number of rotatable bonds is 3. The maximum absolute atomic E-state index is 12.3. The molecular formula is C12H21BrN2OS. The van der Waals surface area contributed by atoms with Gasteiger partial charge in [0, 0.05) is 43.2 Å². The minimum atomic E-state index is 0.308. The van der Waals surface area contributed by atoms with Gasteiger partial charge in [0.05, 0.1) is 0 Å². The van der Waals surface area contributed by atoms with E-state index in [0.29, 0.717) is 11.8 Å². The Kier molecular flexibility index (Phi) is 5.63. The highest BCUT2D eigenvalue weighted by molar-refractivity contribution is 9.09. The topological polar surface area (TPSA) is 23.6 Å². The van der Waals surface area contributed by atoms with Crippen molar-refractivity contribution >= 4 is 33.6 Å². The Balaban J connectivity index is 1.83. The Morgan fingerprint density at radius 1 is 1.29 bits per heavy atom. The van der Waals surface area contributed by atoms with Gasteiger partial charge in [-0.25, -0.2) is 0 Å². The third kappa shape index (κ3) is 3.86. The Bertz CT molecular complexity index is 259. The van der Waals surface area contributed by atoms with Crippen LogP contribution in [0.4, 0.5) is 0 Å². The first kappa shape index (κ1) is 13.7. The average molecular weight is 321 g/mol. The van der Waals surface area contributed by atoms with E-state index in [1.807, 2.05) is 11.8 Å². The second kappa shape index (κ2) is 7.00. The predicted molar refractivity (Wildman–Crippen MR) is 76.9 cm³/mol. The maximum Gasteiger partial charge on any atom is 0.226 e. The minimum absolute atomic E-state index is 0.308.